The second kappa shape index (κ2) is 9.94. The average Bonchev–Trinajstić information content (AvgIpc) is 3.21. The number of hydrogen-bond donors (Lipinski definition) is 1. The monoisotopic (exact) mass is 477 g/mol. The van der Waals surface area contributed by atoms with Crippen LogP contribution in [-0.4, -0.2) is 55.6 Å². The van der Waals surface area contributed by atoms with Crippen LogP contribution in [-0.2, 0) is 6.42 Å². The number of aliphatic imine (C=N–C) groups is 1. The number of halogens is 1. The summed E-state index contributed by atoms with van der Waals surface area (Å²) in [5, 5.41) is 6.95. The molecular formula is C18H32IN5S. The number of guanidine groups is 1. The van der Waals surface area contributed by atoms with Gasteiger partial charge >= 0.3 is 0 Å². The Bertz CT molecular complexity index is 545. The van der Waals surface area contributed by atoms with E-state index in [4.69, 9.17) is 4.98 Å². The van der Waals surface area contributed by atoms with Crippen molar-refractivity contribution in [1.82, 2.24) is 15.2 Å². The van der Waals surface area contributed by atoms with E-state index >= 15 is 0 Å². The molecule has 0 bridgehead atoms. The zero-order valence-electron chi connectivity index (χ0n) is 15.7. The molecule has 0 aromatic carbocycles. The quantitative estimate of drug-likeness (QED) is 0.410. The summed E-state index contributed by atoms with van der Waals surface area (Å²) >= 11 is 1.79. The average molecular weight is 477 g/mol. The molecule has 2 unspecified atom stereocenters. The van der Waals surface area contributed by atoms with E-state index in [0.717, 1.165) is 43.9 Å². The molecule has 0 saturated carbocycles. The minimum Gasteiger partial charge on any atom is -0.356 e. The zero-order chi connectivity index (χ0) is 16.9. The van der Waals surface area contributed by atoms with Gasteiger partial charge in [0.15, 0.2) is 11.1 Å². The van der Waals surface area contributed by atoms with Crippen LogP contribution in [0.2, 0.25) is 0 Å². The number of likely N-dealkylation sites (tertiary alicyclic amines) is 1. The first-order valence-corrected chi connectivity index (χ1v) is 10.2. The van der Waals surface area contributed by atoms with Crippen molar-refractivity contribution >= 4 is 46.4 Å². The predicted molar refractivity (Wildman–Crippen MR) is 119 cm³/mol. The van der Waals surface area contributed by atoms with Crippen molar-refractivity contribution in [2.24, 2.45) is 16.8 Å². The van der Waals surface area contributed by atoms with Gasteiger partial charge in [0.25, 0.3) is 0 Å². The molecule has 1 aromatic rings. The summed E-state index contributed by atoms with van der Waals surface area (Å²) in [5.74, 6) is 2.53. The summed E-state index contributed by atoms with van der Waals surface area (Å²) in [4.78, 5) is 14.1. The Morgan fingerprint density at radius 1 is 1.28 bits per heavy atom. The van der Waals surface area contributed by atoms with Gasteiger partial charge in [-0.25, -0.2) is 4.98 Å². The first-order valence-electron chi connectivity index (χ1n) is 9.30. The number of rotatable bonds is 4. The minimum absolute atomic E-state index is 0. The lowest BCUT2D eigenvalue weighted by atomic mass is 9.92. The molecule has 3 rings (SSSR count). The molecule has 5 nitrogen and oxygen atoms in total. The molecule has 2 fully saturated rings. The SMILES string of the molecule is CN=C(NCCc1csc(N2CCCC2)n1)N1CC(C)CC(C)C1.I. The van der Waals surface area contributed by atoms with Gasteiger partial charge in [-0.2, -0.15) is 0 Å². The van der Waals surface area contributed by atoms with E-state index in [9.17, 15) is 0 Å². The van der Waals surface area contributed by atoms with Gasteiger partial charge in [-0.3, -0.25) is 4.99 Å². The number of thiazole rings is 1. The van der Waals surface area contributed by atoms with Crippen LogP contribution in [0.15, 0.2) is 10.4 Å². The maximum absolute atomic E-state index is 4.80. The number of nitrogens with one attached hydrogen (secondary N) is 1. The largest absolute Gasteiger partial charge is 0.356 e. The van der Waals surface area contributed by atoms with E-state index in [2.05, 4.69) is 39.3 Å². The first-order chi connectivity index (χ1) is 11.7. The molecule has 0 amide bonds. The maximum atomic E-state index is 4.80. The highest BCUT2D eigenvalue weighted by Crippen LogP contribution is 2.24. The summed E-state index contributed by atoms with van der Waals surface area (Å²) in [6.07, 6.45) is 4.90. The summed E-state index contributed by atoms with van der Waals surface area (Å²) in [6.45, 7) is 10.1. The number of aromatic nitrogens is 1. The maximum Gasteiger partial charge on any atom is 0.193 e. The van der Waals surface area contributed by atoms with Crippen LogP contribution in [0.5, 0.6) is 0 Å². The number of nitrogens with zero attached hydrogens (tertiary/aromatic N) is 4. The van der Waals surface area contributed by atoms with E-state index in [1.54, 1.807) is 11.3 Å². The van der Waals surface area contributed by atoms with Gasteiger partial charge in [0.2, 0.25) is 0 Å². The third kappa shape index (κ3) is 5.70. The zero-order valence-corrected chi connectivity index (χ0v) is 18.8. The molecule has 0 radical (unpaired) electrons. The summed E-state index contributed by atoms with van der Waals surface area (Å²) in [7, 11) is 1.89. The summed E-state index contributed by atoms with van der Waals surface area (Å²) in [5.41, 5.74) is 1.20. The molecule has 0 spiro atoms. The lowest BCUT2D eigenvalue weighted by Gasteiger charge is -2.37. The highest BCUT2D eigenvalue weighted by atomic mass is 127. The van der Waals surface area contributed by atoms with Crippen LogP contribution in [0.4, 0.5) is 5.13 Å². The van der Waals surface area contributed by atoms with E-state index in [1.165, 1.54) is 43.2 Å². The molecule has 142 valence electrons. The Morgan fingerprint density at radius 2 is 1.96 bits per heavy atom. The fraction of sp³-hybridized carbons (Fsp3) is 0.778. The lowest BCUT2D eigenvalue weighted by molar-refractivity contribution is 0.208. The van der Waals surface area contributed by atoms with Crippen molar-refractivity contribution in [3.8, 4) is 0 Å². The molecule has 25 heavy (non-hydrogen) atoms. The van der Waals surface area contributed by atoms with Crippen molar-refractivity contribution in [3.63, 3.8) is 0 Å². The molecule has 3 heterocycles. The second-order valence-corrected chi connectivity index (χ2v) is 8.23. The van der Waals surface area contributed by atoms with E-state index in [0.29, 0.717) is 0 Å². The van der Waals surface area contributed by atoms with Crippen LogP contribution in [0.1, 0.15) is 38.8 Å². The van der Waals surface area contributed by atoms with Crippen LogP contribution >= 0.6 is 35.3 Å². The smallest absolute Gasteiger partial charge is 0.193 e. The number of piperidine rings is 1. The van der Waals surface area contributed by atoms with E-state index < -0.39 is 0 Å². The molecule has 1 N–H and O–H groups in total. The molecular weight excluding hydrogens is 445 g/mol. The van der Waals surface area contributed by atoms with E-state index in [-0.39, 0.29) is 24.0 Å². The normalized spacial score (nSPS) is 24.4. The van der Waals surface area contributed by atoms with Gasteiger partial charge in [-0.15, -0.1) is 35.3 Å². The topological polar surface area (TPSA) is 43.8 Å². The fourth-order valence-electron chi connectivity index (χ4n) is 3.94. The number of hydrogen-bond acceptors (Lipinski definition) is 4. The van der Waals surface area contributed by atoms with Gasteiger partial charge < -0.3 is 15.1 Å². The van der Waals surface area contributed by atoms with Gasteiger partial charge in [-0.1, -0.05) is 13.8 Å². The summed E-state index contributed by atoms with van der Waals surface area (Å²) < 4.78 is 0. The minimum atomic E-state index is 0. The third-order valence-electron chi connectivity index (χ3n) is 4.96. The number of anilines is 1. The van der Waals surface area contributed by atoms with Crippen molar-refractivity contribution in [1.29, 1.82) is 0 Å². The molecule has 1 aromatic heterocycles. The Labute approximate surface area is 173 Å². The molecule has 2 saturated heterocycles. The fourth-order valence-corrected chi connectivity index (χ4v) is 4.85. The summed E-state index contributed by atoms with van der Waals surface area (Å²) in [6, 6.07) is 0. The Balaban J connectivity index is 0.00000225. The van der Waals surface area contributed by atoms with Crippen molar-refractivity contribution < 1.29 is 0 Å². The molecule has 2 atom stereocenters. The molecule has 0 aliphatic carbocycles. The van der Waals surface area contributed by atoms with Gasteiger partial charge in [-0.05, 0) is 31.1 Å². The van der Waals surface area contributed by atoms with Crippen molar-refractivity contribution in [2.75, 3.05) is 44.7 Å². The first kappa shape index (κ1) is 20.7. The standard InChI is InChI=1S/C18H31N5S.HI/c1-14-10-15(2)12-23(11-14)17(19-3)20-7-6-16-13-24-18(21-16)22-8-4-5-9-22;/h13-15H,4-12H2,1-3H3,(H,19,20);1H. The van der Waals surface area contributed by atoms with Gasteiger partial charge in [0, 0.05) is 51.6 Å². The Kier molecular flexibility index (Phi) is 8.25. The van der Waals surface area contributed by atoms with Crippen LogP contribution in [0.25, 0.3) is 0 Å². The second-order valence-electron chi connectivity index (χ2n) is 7.39. The highest BCUT2D eigenvalue weighted by Gasteiger charge is 2.24. The lowest BCUT2D eigenvalue weighted by Crippen LogP contribution is -2.48. The van der Waals surface area contributed by atoms with Crippen LogP contribution in [0, 0.1) is 11.8 Å². The van der Waals surface area contributed by atoms with Gasteiger partial charge in [0.1, 0.15) is 0 Å². The predicted octanol–water partition coefficient (Wildman–Crippen LogP) is 3.46. The van der Waals surface area contributed by atoms with E-state index in [1.807, 2.05) is 7.05 Å². The van der Waals surface area contributed by atoms with Crippen molar-refractivity contribution in [2.45, 2.75) is 39.5 Å². The molecule has 2 aliphatic heterocycles. The molecule has 2 aliphatic rings. The highest BCUT2D eigenvalue weighted by molar-refractivity contribution is 14.0. The molecule has 7 heteroatoms. The van der Waals surface area contributed by atoms with Crippen molar-refractivity contribution in [3.05, 3.63) is 11.1 Å². The van der Waals surface area contributed by atoms with Gasteiger partial charge in [0.05, 0.1) is 5.69 Å². The van der Waals surface area contributed by atoms with Crippen LogP contribution in [0.3, 0.4) is 0 Å². The van der Waals surface area contributed by atoms with Crippen LogP contribution < -0.4 is 10.2 Å². The Morgan fingerprint density at radius 3 is 2.60 bits per heavy atom. The Hall–Kier alpha value is -0.570. The third-order valence-corrected chi connectivity index (χ3v) is 5.91.